The van der Waals surface area contributed by atoms with Crippen molar-refractivity contribution in [1.29, 1.82) is 0 Å². The van der Waals surface area contributed by atoms with Gasteiger partial charge < -0.3 is 15.7 Å². The Balaban J connectivity index is 0.00000380. The second kappa shape index (κ2) is 12.5. The average Bonchev–Trinajstić information content (AvgIpc) is 3.28. The maximum absolute atomic E-state index is 15.8. The predicted octanol–water partition coefficient (Wildman–Crippen LogP) is 4.46. The molecule has 0 unspecified atom stereocenters. The molecule has 0 aliphatic heterocycles. The molecule has 4 aromatic rings. The van der Waals surface area contributed by atoms with Crippen LogP contribution in [0.2, 0.25) is 0 Å². The third kappa shape index (κ3) is 6.71. The molecule has 2 heterocycles. The molecule has 2 aromatic carbocycles. The van der Waals surface area contributed by atoms with Crippen molar-refractivity contribution >= 4 is 69.1 Å². The Morgan fingerprint density at radius 3 is 2.54 bits per heavy atom. The van der Waals surface area contributed by atoms with Crippen LogP contribution in [-0.4, -0.2) is 58.4 Å². The van der Waals surface area contributed by atoms with Crippen molar-refractivity contribution in [3.63, 3.8) is 0 Å². The van der Waals surface area contributed by atoms with Gasteiger partial charge in [0.2, 0.25) is 5.91 Å². The molecule has 0 saturated heterocycles. The number of carbonyl (C=O) groups excluding carboxylic acids is 2. The number of benzene rings is 2. The average molecular weight is 515 g/mol. The van der Waals surface area contributed by atoms with Crippen LogP contribution in [0.4, 0.5) is 20.0 Å². The van der Waals surface area contributed by atoms with E-state index < -0.39 is 23.7 Å². The van der Waals surface area contributed by atoms with Gasteiger partial charge in [-0.2, -0.15) is 0 Å². The number of nitrogens with one attached hydrogen (secondary N) is 3. The third-order valence-corrected chi connectivity index (χ3v) is 6.13. The molecule has 0 saturated carbocycles. The van der Waals surface area contributed by atoms with Crippen molar-refractivity contribution in [2.24, 2.45) is 0 Å². The van der Waals surface area contributed by atoms with Crippen LogP contribution in [0.15, 0.2) is 54.7 Å². The van der Waals surface area contributed by atoms with Gasteiger partial charge in [0.05, 0.1) is 16.8 Å². The van der Waals surface area contributed by atoms with Gasteiger partial charge in [-0.25, -0.2) is 14.2 Å². The number of hydrogen-bond donors (Lipinski definition) is 4. The molecule has 2 aromatic heterocycles. The van der Waals surface area contributed by atoms with Gasteiger partial charge in [0.25, 0.3) is 0 Å². The van der Waals surface area contributed by atoms with Crippen LogP contribution in [0.5, 0.6) is 0 Å². The summed E-state index contributed by atoms with van der Waals surface area (Å²) in [5.74, 6) is -2.11. The van der Waals surface area contributed by atoms with E-state index in [2.05, 4.69) is 25.9 Å². The number of hydrogen-bond acceptors (Lipinski definition) is 6. The first kappa shape index (κ1) is 27.8. The summed E-state index contributed by atoms with van der Waals surface area (Å²) in [4.78, 5) is 43.5. The van der Waals surface area contributed by atoms with E-state index in [1.54, 1.807) is 55.6 Å². The molecule has 0 aliphatic carbocycles. The zero-order chi connectivity index (χ0) is 25.7. The van der Waals surface area contributed by atoms with Crippen molar-refractivity contribution in [3.05, 3.63) is 60.5 Å². The predicted molar refractivity (Wildman–Crippen MR) is 144 cm³/mol. The van der Waals surface area contributed by atoms with Crippen molar-refractivity contribution in [2.75, 3.05) is 17.2 Å². The second-order valence-electron chi connectivity index (χ2n) is 7.70. The van der Waals surface area contributed by atoms with Gasteiger partial charge in [-0.3, -0.25) is 19.9 Å². The number of nitrogens with zero attached hydrogens (tertiary/aromatic N) is 2. The first-order chi connectivity index (χ1) is 17.4. The van der Waals surface area contributed by atoms with Gasteiger partial charge in [0, 0.05) is 36.0 Å². The monoisotopic (exact) mass is 515 g/mol. The first-order valence-corrected chi connectivity index (χ1v) is 11.9. The van der Waals surface area contributed by atoms with Crippen LogP contribution in [0.1, 0.15) is 19.8 Å². The van der Waals surface area contributed by atoms with E-state index in [4.69, 9.17) is 5.11 Å². The number of pyridine rings is 1. The van der Waals surface area contributed by atoms with Crippen LogP contribution < -0.4 is 16.0 Å². The number of urea groups is 1. The zero-order valence-electron chi connectivity index (χ0n) is 19.2. The summed E-state index contributed by atoms with van der Waals surface area (Å²) in [7, 11) is 0. The van der Waals surface area contributed by atoms with Gasteiger partial charge in [-0.15, -0.1) is 0 Å². The molecule has 37 heavy (non-hydrogen) atoms. The number of thiazole rings is 1. The van der Waals surface area contributed by atoms with Crippen LogP contribution in [0.25, 0.3) is 32.6 Å². The number of aliphatic carboxylic acids is 1. The molecule has 4 N–H and O–H groups in total. The topological polar surface area (TPSA) is 133 Å². The van der Waals surface area contributed by atoms with Gasteiger partial charge >= 0.3 is 30.9 Å². The number of aromatic nitrogens is 2. The van der Waals surface area contributed by atoms with Gasteiger partial charge in [0.1, 0.15) is 5.52 Å². The number of carboxylic acids is 1. The van der Waals surface area contributed by atoms with E-state index in [0.29, 0.717) is 33.8 Å². The molecule has 3 amide bonds. The Hall–Kier alpha value is -3.78. The minimum atomic E-state index is -1.07. The Bertz CT molecular complexity index is 1450. The van der Waals surface area contributed by atoms with E-state index in [1.165, 1.54) is 0 Å². The Morgan fingerprint density at radius 2 is 1.84 bits per heavy atom. The molecule has 4 rings (SSSR count). The van der Waals surface area contributed by atoms with Crippen molar-refractivity contribution in [1.82, 2.24) is 15.3 Å². The van der Waals surface area contributed by atoms with Gasteiger partial charge in [-0.1, -0.05) is 29.5 Å². The number of carbonyl (C=O) groups is 3. The van der Waals surface area contributed by atoms with Crippen molar-refractivity contribution in [3.8, 4) is 22.4 Å². The Kier molecular flexibility index (Phi) is 9.35. The number of anilines is 2. The van der Waals surface area contributed by atoms with Crippen molar-refractivity contribution < 1.29 is 23.9 Å². The molecule has 9 nitrogen and oxygen atoms in total. The van der Waals surface area contributed by atoms with E-state index in [0.717, 1.165) is 11.3 Å². The molecule has 0 fully saturated rings. The summed E-state index contributed by atoms with van der Waals surface area (Å²) >= 11 is 1.14. The SMILES string of the molecule is CCNC(=O)Nc1nc2c(F)c(-c3cccc(NC(=O)CCC(=O)O)c3)cc(-c3ccccn3)c2s1.[LiH]. The molecule has 0 radical (unpaired) electrons. The minimum absolute atomic E-state index is 0. The second-order valence-corrected chi connectivity index (χ2v) is 8.70. The van der Waals surface area contributed by atoms with E-state index in [9.17, 15) is 14.4 Å². The summed E-state index contributed by atoms with van der Waals surface area (Å²) in [6.45, 7) is 2.21. The molecule has 0 spiro atoms. The molecular formula is C25H23FLiN5O4S. The fourth-order valence-electron chi connectivity index (χ4n) is 3.54. The van der Waals surface area contributed by atoms with E-state index in [-0.39, 0.29) is 47.9 Å². The Labute approximate surface area is 227 Å². The van der Waals surface area contributed by atoms with Gasteiger partial charge in [0.15, 0.2) is 10.9 Å². The van der Waals surface area contributed by atoms with Crippen LogP contribution in [0, 0.1) is 5.82 Å². The van der Waals surface area contributed by atoms with Crippen LogP contribution in [0.3, 0.4) is 0 Å². The molecular weight excluding hydrogens is 492 g/mol. The summed E-state index contributed by atoms with van der Waals surface area (Å²) in [6.07, 6.45) is 1.16. The fourth-order valence-corrected chi connectivity index (χ4v) is 4.52. The maximum atomic E-state index is 15.8. The normalized spacial score (nSPS) is 10.4. The molecule has 0 aliphatic rings. The first-order valence-electron chi connectivity index (χ1n) is 11.1. The third-order valence-electron chi connectivity index (χ3n) is 5.13. The Morgan fingerprint density at radius 1 is 1.03 bits per heavy atom. The molecule has 0 atom stereocenters. The fraction of sp³-hybridized carbons (Fsp3) is 0.160. The standard InChI is InChI=1S/C25H22FN5O4S.Li.H/c1-2-27-24(35)31-25-30-22-21(26)16(13-17(23(22)36-25)18-8-3-4-11-28-18)14-6-5-7-15(12-14)29-19(32)9-10-20(33)34;;/h3-8,11-13H,2,9-10H2,1H3,(H,29,32)(H,33,34)(H2,27,30,31,35);;. The quantitative estimate of drug-likeness (QED) is 0.256. The molecule has 0 bridgehead atoms. The molecule has 12 heteroatoms. The number of carboxylic acid groups (broad SMARTS) is 1. The summed E-state index contributed by atoms with van der Waals surface area (Å²) < 4.78 is 16.3. The van der Waals surface area contributed by atoms with E-state index >= 15 is 4.39 Å². The molecule has 186 valence electrons. The van der Waals surface area contributed by atoms with E-state index in [1.807, 2.05) is 6.07 Å². The summed E-state index contributed by atoms with van der Waals surface area (Å²) in [5, 5.41) is 16.9. The van der Waals surface area contributed by atoms with Crippen LogP contribution in [-0.2, 0) is 9.59 Å². The van der Waals surface area contributed by atoms with Gasteiger partial charge in [-0.05, 0) is 42.8 Å². The number of fused-ring (bicyclic) bond motifs is 1. The summed E-state index contributed by atoms with van der Waals surface area (Å²) in [5.41, 5.74) is 2.45. The number of halogens is 1. The number of amides is 3. The van der Waals surface area contributed by atoms with Crippen molar-refractivity contribution in [2.45, 2.75) is 19.8 Å². The number of rotatable bonds is 8. The van der Waals surface area contributed by atoms with Crippen LogP contribution >= 0.6 is 11.3 Å². The zero-order valence-corrected chi connectivity index (χ0v) is 20.0. The summed E-state index contributed by atoms with van der Waals surface area (Å²) in [6, 6.07) is 13.2.